The highest BCUT2D eigenvalue weighted by atomic mass is 32.2. The Balaban J connectivity index is 0.770. The van der Waals surface area contributed by atoms with Crippen molar-refractivity contribution in [2.24, 2.45) is 9.98 Å². The van der Waals surface area contributed by atoms with Crippen LogP contribution in [0.2, 0.25) is 0 Å². The number of hydrogen-bond acceptors (Lipinski definition) is 12. The molecule has 10 rings (SSSR count). The second-order valence-corrected chi connectivity index (χ2v) is 23.0. The Labute approximate surface area is 448 Å². The van der Waals surface area contributed by atoms with E-state index in [9.17, 15) is 46.1 Å². The first-order valence-electron chi connectivity index (χ1n) is 25.1. The number of amidine groups is 2. The lowest BCUT2D eigenvalue weighted by Gasteiger charge is -2.39. The molecule has 3 N–H and O–H groups in total. The number of amides is 2. The molecule has 0 radical (unpaired) electrons. The molecule has 0 saturated carbocycles. The normalized spacial score (nSPS) is 21.1. The first kappa shape index (κ1) is 54.1. The maximum Gasteiger partial charge on any atom is 0.416 e. The van der Waals surface area contributed by atoms with E-state index < -0.39 is 40.6 Å². The van der Waals surface area contributed by atoms with E-state index in [1.807, 2.05) is 17.9 Å². The number of likely N-dealkylation sites (N-methyl/N-ethyl adjacent to an activating group) is 1. The van der Waals surface area contributed by atoms with Gasteiger partial charge in [-0.05, 0) is 153 Å². The van der Waals surface area contributed by atoms with Crippen molar-refractivity contribution >= 4 is 79.6 Å². The molecule has 0 spiro atoms. The van der Waals surface area contributed by atoms with Crippen LogP contribution in [0.5, 0.6) is 0 Å². The van der Waals surface area contributed by atoms with Gasteiger partial charge in [0.05, 0.1) is 68.7 Å². The number of carbonyl (C=O) groups is 2. The standard InChI is InChI=1S/C55H56F6N10O4S2/c1-32-28-69(51-66-49(73)47(77-51)23-34-7-13-44-38(21-34)26-62-70(44)29-35-8-10-39(52(2,3)74)24-42(35)54(56,57)58)31-41(64-32)14-15-53(4,75)40-11-9-36(43(25-40)55(59,60)61)30-71-45-12-6-33(20-37(45)27-63-71)22-46-48(72)65-50(76-46)68-18-16-67(5)17-19-68/h6-13,20-27,32,41,64,74-75H,14-19,28-31H2,1-5H3/b46-22-,47-23-/t32-,41+,53?/m1/s1. The van der Waals surface area contributed by atoms with Crippen LogP contribution in [-0.4, -0.2) is 125 Å². The lowest BCUT2D eigenvalue weighted by molar-refractivity contribution is -0.139. The summed E-state index contributed by atoms with van der Waals surface area (Å²) in [6.07, 6.45) is -2.28. The Morgan fingerprint density at radius 3 is 1.66 bits per heavy atom. The molecule has 4 aliphatic rings. The summed E-state index contributed by atoms with van der Waals surface area (Å²) in [7, 11) is 2.06. The van der Waals surface area contributed by atoms with Gasteiger partial charge in [-0.3, -0.25) is 19.0 Å². The van der Waals surface area contributed by atoms with Gasteiger partial charge in [-0.2, -0.15) is 46.5 Å². The molecule has 6 aromatic rings. The molecule has 77 heavy (non-hydrogen) atoms. The zero-order valence-corrected chi connectivity index (χ0v) is 44.4. The van der Waals surface area contributed by atoms with Crippen LogP contribution in [0.25, 0.3) is 34.0 Å². The average molecular weight is 1100 g/mol. The summed E-state index contributed by atoms with van der Waals surface area (Å²) in [5.41, 5.74) is -2.00. The molecule has 2 fully saturated rings. The van der Waals surface area contributed by atoms with Crippen molar-refractivity contribution in [2.75, 3.05) is 46.3 Å². The van der Waals surface area contributed by atoms with E-state index in [0.29, 0.717) is 67.0 Å². The van der Waals surface area contributed by atoms with Crippen LogP contribution >= 0.6 is 23.5 Å². The van der Waals surface area contributed by atoms with Gasteiger partial charge in [-0.1, -0.05) is 36.4 Å². The Kier molecular flexibility index (Phi) is 14.6. The number of thioether (sulfide) groups is 2. The number of halogens is 6. The number of nitrogens with one attached hydrogen (secondary N) is 1. The third-order valence-corrected chi connectivity index (χ3v) is 16.5. The molecule has 404 valence electrons. The highest BCUT2D eigenvalue weighted by molar-refractivity contribution is 8.18. The summed E-state index contributed by atoms with van der Waals surface area (Å²) in [6, 6.07) is 18.1. The average Bonchev–Trinajstić information content (AvgIpc) is 4.15. The number of alkyl halides is 6. The molecule has 3 atom stereocenters. The van der Waals surface area contributed by atoms with Crippen LogP contribution in [0.1, 0.15) is 85.0 Å². The van der Waals surface area contributed by atoms with E-state index in [0.717, 1.165) is 43.9 Å². The third kappa shape index (κ3) is 11.9. The molecule has 0 aliphatic carbocycles. The number of aliphatic hydroxyl groups is 2. The Bertz CT molecular complexity index is 3420. The summed E-state index contributed by atoms with van der Waals surface area (Å²) >= 11 is 2.55. The fraction of sp³-hybridized carbons (Fsp3) is 0.382. The number of rotatable bonds is 11. The van der Waals surface area contributed by atoms with Crippen LogP contribution < -0.4 is 5.32 Å². The Hall–Kier alpha value is -6.30. The van der Waals surface area contributed by atoms with Crippen molar-refractivity contribution in [3.05, 3.63) is 140 Å². The smallest absolute Gasteiger partial charge is 0.386 e. The van der Waals surface area contributed by atoms with Gasteiger partial charge in [0.25, 0.3) is 11.8 Å². The molecule has 2 saturated heterocycles. The number of hydrogen-bond donors (Lipinski definition) is 3. The number of aromatic nitrogens is 4. The number of aliphatic imine (C=N–C) groups is 2. The second kappa shape index (κ2) is 20.8. The van der Waals surface area contributed by atoms with E-state index in [1.54, 1.807) is 54.9 Å². The van der Waals surface area contributed by atoms with Gasteiger partial charge in [0.2, 0.25) is 0 Å². The lowest BCUT2D eigenvalue weighted by atomic mass is 9.87. The van der Waals surface area contributed by atoms with Crippen molar-refractivity contribution in [3.8, 4) is 0 Å². The molecule has 0 bridgehead atoms. The minimum atomic E-state index is -4.73. The molecular weight excluding hydrogens is 1040 g/mol. The van der Waals surface area contributed by atoms with E-state index in [-0.39, 0.29) is 59.8 Å². The number of fused-ring (bicyclic) bond motifs is 2. The monoisotopic (exact) mass is 1100 g/mol. The molecular formula is C55H56F6N10O4S2. The second-order valence-electron chi connectivity index (χ2n) is 20.9. The molecule has 4 aromatic carbocycles. The van der Waals surface area contributed by atoms with E-state index in [1.165, 1.54) is 77.9 Å². The molecule has 2 amide bonds. The predicted molar refractivity (Wildman–Crippen MR) is 288 cm³/mol. The van der Waals surface area contributed by atoms with Gasteiger partial charge >= 0.3 is 12.4 Å². The van der Waals surface area contributed by atoms with Gasteiger partial charge in [-0.25, -0.2) is 0 Å². The van der Waals surface area contributed by atoms with Crippen LogP contribution in [0.4, 0.5) is 26.3 Å². The van der Waals surface area contributed by atoms with E-state index in [4.69, 9.17) is 0 Å². The van der Waals surface area contributed by atoms with E-state index in [2.05, 4.69) is 42.3 Å². The summed E-state index contributed by atoms with van der Waals surface area (Å²) in [4.78, 5) is 41.9. The van der Waals surface area contributed by atoms with Crippen molar-refractivity contribution in [1.29, 1.82) is 0 Å². The van der Waals surface area contributed by atoms with Crippen LogP contribution in [-0.2, 0) is 46.2 Å². The zero-order valence-electron chi connectivity index (χ0n) is 42.8. The van der Waals surface area contributed by atoms with Gasteiger partial charge in [0.15, 0.2) is 10.3 Å². The van der Waals surface area contributed by atoms with Crippen LogP contribution in [0, 0.1) is 0 Å². The van der Waals surface area contributed by atoms with Crippen molar-refractivity contribution < 1.29 is 46.1 Å². The highest BCUT2D eigenvalue weighted by Gasteiger charge is 2.39. The van der Waals surface area contributed by atoms with Gasteiger partial charge in [0.1, 0.15) is 0 Å². The molecule has 14 nitrogen and oxygen atoms in total. The summed E-state index contributed by atoms with van der Waals surface area (Å²) in [6.45, 7) is 10.3. The first-order chi connectivity index (χ1) is 36.3. The van der Waals surface area contributed by atoms with Gasteiger partial charge in [0, 0.05) is 62.1 Å². The number of carbonyl (C=O) groups excluding carboxylic acids is 2. The molecule has 4 aliphatic heterocycles. The van der Waals surface area contributed by atoms with Crippen LogP contribution in [0.3, 0.4) is 0 Å². The van der Waals surface area contributed by atoms with Crippen molar-refractivity contribution in [1.82, 2.24) is 39.6 Å². The molecule has 2 aromatic heterocycles. The largest absolute Gasteiger partial charge is 0.416 e. The first-order valence-corrected chi connectivity index (χ1v) is 26.7. The lowest BCUT2D eigenvalue weighted by Crippen LogP contribution is -2.56. The maximum absolute atomic E-state index is 14.8. The fourth-order valence-electron chi connectivity index (χ4n) is 10.1. The number of piperazine rings is 2. The van der Waals surface area contributed by atoms with Gasteiger partial charge < -0.3 is 30.2 Å². The highest BCUT2D eigenvalue weighted by Crippen LogP contribution is 2.40. The molecule has 1 unspecified atom stereocenters. The topological polar surface area (TPSA) is 157 Å². The Morgan fingerprint density at radius 2 is 1.16 bits per heavy atom. The zero-order chi connectivity index (χ0) is 54.8. The minimum absolute atomic E-state index is 0.00718. The predicted octanol–water partition coefficient (Wildman–Crippen LogP) is 9.29. The third-order valence-electron chi connectivity index (χ3n) is 14.4. The van der Waals surface area contributed by atoms with Gasteiger partial charge in [-0.15, -0.1) is 0 Å². The van der Waals surface area contributed by atoms with Crippen LogP contribution in [0.15, 0.2) is 105 Å². The number of benzene rings is 4. The number of nitrogens with zero attached hydrogens (tertiary/aromatic N) is 9. The summed E-state index contributed by atoms with van der Waals surface area (Å²) in [5.74, 6) is -0.742. The van der Waals surface area contributed by atoms with Crippen molar-refractivity contribution in [2.45, 2.75) is 89.3 Å². The van der Waals surface area contributed by atoms with E-state index >= 15 is 0 Å². The SMILES string of the molecule is C[C@@H]1CN(C2=NC(=O)/C(=C/c3ccc4c(cnn4Cc4ccc(C(C)(C)O)cc4C(F)(F)F)c3)S2)C[C@H](CCC(C)(O)c2ccc(Cn3ncc4cc(/C=C5\SC(N6CCN(C)CC6)=NC5=O)ccc43)c(C(F)(F)F)c2)N1. The summed E-state index contributed by atoms with van der Waals surface area (Å²) < 4.78 is 89.9. The minimum Gasteiger partial charge on any atom is -0.386 e. The molecule has 6 heterocycles. The Morgan fingerprint density at radius 1 is 0.662 bits per heavy atom. The fourth-order valence-corrected chi connectivity index (χ4v) is 12.0. The summed E-state index contributed by atoms with van der Waals surface area (Å²) in [5, 5.41) is 37.0. The maximum atomic E-state index is 14.8. The quantitative estimate of drug-likeness (QED) is 0.0837. The van der Waals surface area contributed by atoms with Crippen molar-refractivity contribution in [3.63, 3.8) is 0 Å². The molecule has 22 heteroatoms.